The summed E-state index contributed by atoms with van der Waals surface area (Å²) in [5.74, 6) is -3.95. The zero-order chi connectivity index (χ0) is 21.5. The first-order valence-electron chi connectivity index (χ1n) is 9.64. The molecule has 2 aromatic carbocycles. The van der Waals surface area contributed by atoms with Crippen molar-refractivity contribution in [3.8, 4) is 11.1 Å². The van der Waals surface area contributed by atoms with Crippen LogP contribution < -0.4 is 0 Å². The largest absolute Gasteiger partial charge is 0.481 e. The van der Waals surface area contributed by atoms with Crippen molar-refractivity contribution in [3.05, 3.63) is 59.7 Å². The molecule has 1 aliphatic carbocycles. The standard InChI is InChI=1S/C22H20F3NO4/c23-22(24,25)9-13-10-26(11-18(13)20(27)28)21(29)30-12-19-16-7-3-1-5-14(16)15-6-2-4-8-17(15)19/h1-8,13,18-19H,9-12H2,(H,27,28). The Morgan fingerprint density at radius 1 is 1.00 bits per heavy atom. The van der Waals surface area contributed by atoms with E-state index < -0.39 is 36.5 Å². The number of carbonyl (C=O) groups is 2. The minimum atomic E-state index is -4.49. The molecule has 158 valence electrons. The molecule has 30 heavy (non-hydrogen) atoms. The number of carboxylic acids is 1. The molecule has 1 N–H and O–H groups in total. The molecule has 2 unspecified atom stereocenters. The molecule has 0 saturated carbocycles. The van der Waals surface area contributed by atoms with Crippen LogP contribution in [0, 0.1) is 11.8 Å². The van der Waals surface area contributed by atoms with E-state index in [0.717, 1.165) is 27.2 Å². The second-order valence-corrected chi connectivity index (χ2v) is 7.73. The molecule has 0 aromatic heterocycles. The van der Waals surface area contributed by atoms with Gasteiger partial charge in [0.15, 0.2) is 0 Å². The fourth-order valence-corrected chi connectivity index (χ4v) is 4.49. The van der Waals surface area contributed by atoms with Crippen LogP contribution in [0.5, 0.6) is 0 Å². The van der Waals surface area contributed by atoms with E-state index >= 15 is 0 Å². The Kier molecular flexibility index (Phi) is 5.17. The Bertz CT molecular complexity index is 929. The van der Waals surface area contributed by atoms with E-state index in [1.54, 1.807) is 0 Å². The Hall–Kier alpha value is -3.03. The average molecular weight is 419 g/mol. The van der Waals surface area contributed by atoms with Gasteiger partial charge in [-0.2, -0.15) is 13.2 Å². The molecule has 0 spiro atoms. The highest BCUT2D eigenvalue weighted by Gasteiger charge is 2.45. The second-order valence-electron chi connectivity index (χ2n) is 7.73. The number of hydrogen-bond donors (Lipinski definition) is 1. The predicted octanol–water partition coefficient (Wildman–Crippen LogP) is 4.52. The molecule has 2 aliphatic rings. The minimum absolute atomic E-state index is 0.0328. The Labute approximate surface area is 171 Å². The van der Waals surface area contributed by atoms with Crippen LogP contribution in [0.25, 0.3) is 11.1 Å². The number of nitrogens with zero attached hydrogens (tertiary/aromatic N) is 1. The van der Waals surface area contributed by atoms with Crippen molar-refractivity contribution in [3.63, 3.8) is 0 Å². The Morgan fingerprint density at radius 2 is 1.57 bits per heavy atom. The highest BCUT2D eigenvalue weighted by atomic mass is 19.4. The van der Waals surface area contributed by atoms with Crippen LogP contribution in [0.15, 0.2) is 48.5 Å². The van der Waals surface area contributed by atoms with Crippen molar-refractivity contribution < 1.29 is 32.6 Å². The van der Waals surface area contributed by atoms with Crippen LogP contribution in [-0.4, -0.2) is 47.9 Å². The number of hydrogen-bond acceptors (Lipinski definition) is 3. The Morgan fingerprint density at radius 3 is 2.10 bits per heavy atom. The van der Waals surface area contributed by atoms with Crippen molar-refractivity contribution in [2.75, 3.05) is 19.7 Å². The first kappa shape index (κ1) is 20.3. The highest BCUT2D eigenvalue weighted by molar-refractivity contribution is 5.79. The third-order valence-corrected chi connectivity index (χ3v) is 5.85. The monoisotopic (exact) mass is 419 g/mol. The smallest absolute Gasteiger partial charge is 0.409 e. The number of amides is 1. The van der Waals surface area contributed by atoms with E-state index in [0.29, 0.717) is 0 Å². The number of likely N-dealkylation sites (tertiary alicyclic amines) is 1. The molecule has 4 rings (SSSR count). The van der Waals surface area contributed by atoms with Gasteiger partial charge >= 0.3 is 18.2 Å². The van der Waals surface area contributed by atoms with Crippen LogP contribution >= 0.6 is 0 Å². The third-order valence-electron chi connectivity index (χ3n) is 5.85. The normalized spacial score (nSPS) is 20.7. The maximum Gasteiger partial charge on any atom is 0.409 e. The first-order valence-corrected chi connectivity index (χ1v) is 9.64. The van der Waals surface area contributed by atoms with Gasteiger partial charge in [-0.25, -0.2) is 4.79 Å². The number of ether oxygens (including phenoxy) is 1. The second kappa shape index (κ2) is 7.66. The van der Waals surface area contributed by atoms with Crippen LogP contribution in [0.2, 0.25) is 0 Å². The van der Waals surface area contributed by atoms with Gasteiger partial charge in [-0.3, -0.25) is 4.79 Å². The summed E-state index contributed by atoms with van der Waals surface area (Å²) in [5, 5.41) is 9.25. The lowest BCUT2D eigenvalue weighted by Gasteiger charge is -2.19. The number of benzene rings is 2. The van der Waals surface area contributed by atoms with Gasteiger partial charge in [-0.15, -0.1) is 0 Å². The van der Waals surface area contributed by atoms with E-state index in [1.165, 1.54) is 0 Å². The third kappa shape index (κ3) is 3.86. The topological polar surface area (TPSA) is 66.8 Å². The van der Waals surface area contributed by atoms with Gasteiger partial charge in [-0.05, 0) is 22.3 Å². The van der Waals surface area contributed by atoms with Crippen LogP contribution in [-0.2, 0) is 9.53 Å². The molecule has 2 atom stereocenters. The zero-order valence-electron chi connectivity index (χ0n) is 15.9. The molecule has 8 heteroatoms. The summed E-state index contributed by atoms with van der Waals surface area (Å²) < 4.78 is 43.8. The van der Waals surface area contributed by atoms with Crippen molar-refractivity contribution in [2.45, 2.75) is 18.5 Å². The molecule has 1 heterocycles. The van der Waals surface area contributed by atoms with Gasteiger partial charge < -0.3 is 14.7 Å². The SMILES string of the molecule is O=C(O)C1CN(C(=O)OCC2c3ccccc3-c3ccccc32)CC1CC(F)(F)F. The van der Waals surface area contributed by atoms with Gasteiger partial charge in [0, 0.05) is 31.3 Å². The van der Waals surface area contributed by atoms with E-state index in [1.807, 2.05) is 48.5 Å². The maximum atomic E-state index is 12.8. The number of carboxylic acid groups (broad SMARTS) is 1. The van der Waals surface area contributed by atoms with Crippen LogP contribution in [0.1, 0.15) is 23.5 Å². The predicted molar refractivity (Wildman–Crippen MR) is 102 cm³/mol. The lowest BCUT2D eigenvalue weighted by Crippen LogP contribution is -2.31. The molecular weight excluding hydrogens is 399 g/mol. The number of halogens is 3. The van der Waals surface area contributed by atoms with Gasteiger partial charge in [0.1, 0.15) is 6.61 Å². The fourth-order valence-electron chi connectivity index (χ4n) is 4.49. The van der Waals surface area contributed by atoms with Crippen molar-refractivity contribution >= 4 is 12.1 Å². The molecule has 1 amide bonds. The zero-order valence-corrected chi connectivity index (χ0v) is 15.9. The lowest BCUT2D eigenvalue weighted by atomic mass is 9.93. The molecule has 1 saturated heterocycles. The molecule has 1 aliphatic heterocycles. The number of rotatable bonds is 4. The van der Waals surface area contributed by atoms with E-state index in [2.05, 4.69) is 0 Å². The molecular formula is C22H20F3NO4. The Balaban J connectivity index is 1.46. The van der Waals surface area contributed by atoms with Crippen LogP contribution in [0.3, 0.4) is 0 Å². The first-order chi connectivity index (χ1) is 14.2. The molecule has 2 aromatic rings. The van der Waals surface area contributed by atoms with E-state index in [9.17, 15) is 27.9 Å². The number of carbonyl (C=O) groups excluding carboxylic acids is 1. The number of fused-ring (bicyclic) bond motifs is 3. The fraction of sp³-hybridized carbons (Fsp3) is 0.364. The van der Waals surface area contributed by atoms with Crippen LogP contribution in [0.4, 0.5) is 18.0 Å². The van der Waals surface area contributed by atoms with E-state index in [4.69, 9.17) is 4.74 Å². The van der Waals surface area contributed by atoms with Crippen molar-refractivity contribution in [2.24, 2.45) is 11.8 Å². The molecule has 0 bridgehead atoms. The highest BCUT2D eigenvalue weighted by Crippen LogP contribution is 2.44. The number of aliphatic carboxylic acids is 1. The average Bonchev–Trinajstić information content (AvgIpc) is 3.24. The molecule has 0 radical (unpaired) electrons. The van der Waals surface area contributed by atoms with Gasteiger partial charge in [0.05, 0.1) is 5.92 Å². The van der Waals surface area contributed by atoms with E-state index in [-0.39, 0.29) is 25.6 Å². The molecule has 1 fully saturated rings. The summed E-state index contributed by atoms with van der Waals surface area (Å²) in [5.41, 5.74) is 4.16. The van der Waals surface area contributed by atoms with Crippen molar-refractivity contribution in [1.29, 1.82) is 0 Å². The maximum absolute atomic E-state index is 12.8. The lowest BCUT2D eigenvalue weighted by molar-refractivity contribution is -0.154. The summed E-state index contributed by atoms with van der Waals surface area (Å²) in [6, 6.07) is 15.6. The van der Waals surface area contributed by atoms with Crippen molar-refractivity contribution in [1.82, 2.24) is 4.90 Å². The quantitative estimate of drug-likeness (QED) is 0.791. The summed E-state index contributed by atoms with van der Waals surface area (Å²) in [6.45, 7) is -0.537. The summed E-state index contributed by atoms with van der Waals surface area (Å²) in [4.78, 5) is 25.0. The molecule has 5 nitrogen and oxygen atoms in total. The number of alkyl halides is 3. The van der Waals surface area contributed by atoms with Gasteiger partial charge in [0.25, 0.3) is 0 Å². The van der Waals surface area contributed by atoms with Gasteiger partial charge in [0.2, 0.25) is 0 Å². The minimum Gasteiger partial charge on any atom is -0.481 e. The summed E-state index contributed by atoms with van der Waals surface area (Å²) >= 11 is 0. The summed E-state index contributed by atoms with van der Waals surface area (Å²) in [7, 11) is 0. The summed E-state index contributed by atoms with van der Waals surface area (Å²) in [6.07, 6.45) is -6.51. The van der Waals surface area contributed by atoms with Gasteiger partial charge in [-0.1, -0.05) is 48.5 Å².